The third kappa shape index (κ3) is 3.05. The van der Waals surface area contributed by atoms with Crippen LogP contribution in [0.1, 0.15) is 11.3 Å². The van der Waals surface area contributed by atoms with Gasteiger partial charge in [-0.05, 0) is 13.0 Å². The van der Waals surface area contributed by atoms with Gasteiger partial charge >= 0.3 is 0 Å². The summed E-state index contributed by atoms with van der Waals surface area (Å²) in [6.45, 7) is 5.95. The number of hydrogen-bond donors (Lipinski definition) is 2. The molecule has 0 atom stereocenters. The molecule has 0 amide bonds. The quantitative estimate of drug-likeness (QED) is 0.827. The predicted octanol–water partition coefficient (Wildman–Crippen LogP) is 1.07. The smallest absolute Gasteiger partial charge is 0.221 e. The van der Waals surface area contributed by atoms with E-state index in [2.05, 4.69) is 38.5 Å². The van der Waals surface area contributed by atoms with Crippen molar-refractivity contribution in [3.63, 3.8) is 0 Å². The van der Waals surface area contributed by atoms with Crippen LogP contribution in [0.5, 0.6) is 0 Å². The monoisotopic (exact) mass is 284 g/mol. The number of nitrogens with zero attached hydrogens (tertiary/aromatic N) is 4. The number of piperazine rings is 1. The van der Waals surface area contributed by atoms with E-state index in [1.54, 1.807) is 4.68 Å². The van der Waals surface area contributed by atoms with Gasteiger partial charge in [0.05, 0.1) is 18.1 Å². The molecule has 0 bridgehead atoms. The highest BCUT2D eigenvalue weighted by molar-refractivity contribution is 5.88. The van der Waals surface area contributed by atoms with Crippen molar-refractivity contribution in [2.45, 2.75) is 6.92 Å². The Kier molecular flexibility index (Phi) is 3.87. The average Bonchev–Trinajstić information content (AvgIpc) is 2.84. The van der Waals surface area contributed by atoms with E-state index in [1.807, 2.05) is 25.4 Å². The van der Waals surface area contributed by atoms with Gasteiger partial charge in [0.15, 0.2) is 0 Å². The van der Waals surface area contributed by atoms with Gasteiger partial charge in [-0.2, -0.15) is 5.10 Å². The fourth-order valence-corrected chi connectivity index (χ4v) is 2.51. The zero-order chi connectivity index (χ0) is 14.7. The van der Waals surface area contributed by atoms with E-state index < -0.39 is 0 Å². The average molecular weight is 284 g/mol. The molecule has 0 saturated carbocycles. The zero-order valence-electron chi connectivity index (χ0n) is 12.2. The molecular formula is C15H20N6. The van der Waals surface area contributed by atoms with Crippen molar-refractivity contribution in [1.82, 2.24) is 15.0 Å². The number of imidazole rings is 1. The Hall–Kier alpha value is -2.34. The molecule has 6 nitrogen and oxygen atoms in total. The van der Waals surface area contributed by atoms with E-state index in [1.165, 1.54) is 5.69 Å². The van der Waals surface area contributed by atoms with Crippen molar-refractivity contribution in [2.24, 2.45) is 5.10 Å². The Balaban J connectivity index is 1.86. The summed E-state index contributed by atoms with van der Waals surface area (Å²) in [5, 5.41) is 7.78. The molecule has 21 heavy (non-hydrogen) atoms. The number of anilines is 2. The molecule has 1 fully saturated rings. The summed E-state index contributed by atoms with van der Waals surface area (Å²) in [4.78, 5) is 6.52. The maximum absolute atomic E-state index is 5.81. The summed E-state index contributed by atoms with van der Waals surface area (Å²) in [5.74, 6) is 0.406. The number of benzene rings is 1. The molecule has 1 saturated heterocycles. The van der Waals surface area contributed by atoms with Crippen molar-refractivity contribution in [3.05, 3.63) is 41.7 Å². The highest BCUT2D eigenvalue weighted by atomic mass is 15.4. The normalized spacial score (nSPS) is 15.8. The minimum absolute atomic E-state index is 0.406. The van der Waals surface area contributed by atoms with Gasteiger partial charge in [0.25, 0.3) is 0 Å². The first-order valence-corrected chi connectivity index (χ1v) is 7.14. The topological polar surface area (TPSA) is 71.5 Å². The number of nitrogens with two attached hydrogens (primary N) is 1. The second kappa shape index (κ2) is 5.97. The standard InChI is InChI=1S/C15H20N6/c1-12-11-21(15(16)19-12)18-10-13-4-2-3-5-14(13)20-8-6-17-7-9-20/h2-5,10-11,17H,6-9H2,1H3,(H2,16,19). The lowest BCUT2D eigenvalue weighted by molar-refractivity contribution is 0.589. The first-order valence-electron chi connectivity index (χ1n) is 7.14. The van der Waals surface area contributed by atoms with Gasteiger partial charge in [-0.3, -0.25) is 0 Å². The first-order chi connectivity index (χ1) is 10.2. The van der Waals surface area contributed by atoms with Gasteiger partial charge < -0.3 is 16.0 Å². The maximum Gasteiger partial charge on any atom is 0.221 e. The molecule has 0 spiro atoms. The lowest BCUT2D eigenvalue weighted by atomic mass is 10.1. The van der Waals surface area contributed by atoms with Crippen LogP contribution in [-0.2, 0) is 0 Å². The van der Waals surface area contributed by atoms with Crippen LogP contribution in [0, 0.1) is 6.92 Å². The minimum atomic E-state index is 0.406. The summed E-state index contributed by atoms with van der Waals surface area (Å²) < 4.78 is 1.60. The van der Waals surface area contributed by atoms with Crippen LogP contribution < -0.4 is 16.0 Å². The second-order valence-electron chi connectivity index (χ2n) is 5.13. The molecule has 1 aromatic heterocycles. The third-order valence-corrected chi connectivity index (χ3v) is 3.55. The maximum atomic E-state index is 5.81. The number of nitrogen functional groups attached to an aromatic ring is 1. The van der Waals surface area contributed by atoms with Gasteiger partial charge in [-0.15, -0.1) is 0 Å². The molecule has 1 aliphatic heterocycles. The fraction of sp³-hybridized carbons (Fsp3) is 0.333. The van der Waals surface area contributed by atoms with Crippen LogP contribution in [0.25, 0.3) is 0 Å². The molecule has 0 aliphatic carbocycles. The molecule has 2 aromatic rings. The van der Waals surface area contributed by atoms with E-state index in [-0.39, 0.29) is 0 Å². The Morgan fingerprint density at radius 3 is 2.76 bits per heavy atom. The molecule has 1 aliphatic rings. The van der Waals surface area contributed by atoms with E-state index >= 15 is 0 Å². The first kappa shape index (κ1) is 13.6. The summed E-state index contributed by atoms with van der Waals surface area (Å²) >= 11 is 0. The summed E-state index contributed by atoms with van der Waals surface area (Å²) in [7, 11) is 0. The highest BCUT2D eigenvalue weighted by Crippen LogP contribution is 2.19. The van der Waals surface area contributed by atoms with Gasteiger partial charge in [-0.1, -0.05) is 18.2 Å². The van der Waals surface area contributed by atoms with Crippen LogP contribution in [0.3, 0.4) is 0 Å². The van der Waals surface area contributed by atoms with E-state index in [0.717, 1.165) is 37.4 Å². The number of aromatic nitrogens is 2. The van der Waals surface area contributed by atoms with Crippen molar-refractivity contribution >= 4 is 17.9 Å². The van der Waals surface area contributed by atoms with Gasteiger partial charge in [0, 0.05) is 37.4 Å². The van der Waals surface area contributed by atoms with Crippen molar-refractivity contribution in [2.75, 3.05) is 36.8 Å². The summed E-state index contributed by atoms with van der Waals surface area (Å²) in [6.07, 6.45) is 3.66. The molecule has 3 N–H and O–H groups in total. The predicted molar refractivity (Wildman–Crippen MR) is 85.9 cm³/mol. The number of nitrogens with one attached hydrogen (secondary N) is 1. The molecule has 2 heterocycles. The third-order valence-electron chi connectivity index (χ3n) is 3.55. The number of aryl methyl sites for hydroxylation is 1. The molecule has 0 radical (unpaired) electrons. The molecular weight excluding hydrogens is 264 g/mol. The largest absolute Gasteiger partial charge is 0.368 e. The van der Waals surface area contributed by atoms with Crippen LogP contribution in [0.2, 0.25) is 0 Å². The Bertz CT molecular complexity index is 639. The van der Waals surface area contributed by atoms with Crippen molar-refractivity contribution < 1.29 is 0 Å². The Morgan fingerprint density at radius 2 is 2.05 bits per heavy atom. The summed E-state index contributed by atoms with van der Waals surface area (Å²) in [6, 6.07) is 8.29. The van der Waals surface area contributed by atoms with Crippen LogP contribution in [0.4, 0.5) is 11.6 Å². The number of rotatable bonds is 3. The Labute approximate surface area is 124 Å². The lowest BCUT2D eigenvalue weighted by Gasteiger charge is -2.30. The van der Waals surface area contributed by atoms with E-state index in [0.29, 0.717) is 5.95 Å². The molecule has 0 unspecified atom stereocenters. The SMILES string of the molecule is Cc1cn(N=Cc2ccccc2N2CCNCC2)c(N)n1. The van der Waals surface area contributed by atoms with Crippen molar-refractivity contribution in [1.29, 1.82) is 0 Å². The molecule has 1 aromatic carbocycles. The number of para-hydroxylation sites is 1. The zero-order valence-corrected chi connectivity index (χ0v) is 12.2. The van der Waals surface area contributed by atoms with Crippen LogP contribution in [-0.4, -0.2) is 42.1 Å². The van der Waals surface area contributed by atoms with Crippen LogP contribution in [0.15, 0.2) is 35.6 Å². The van der Waals surface area contributed by atoms with Crippen LogP contribution >= 0.6 is 0 Å². The Morgan fingerprint density at radius 1 is 1.29 bits per heavy atom. The van der Waals surface area contributed by atoms with Crippen molar-refractivity contribution in [3.8, 4) is 0 Å². The van der Waals surface area contributed by atoms with Gasteiger partial charge in [0.2, 0.25) is 5.95 Å². The second-order valence-corrected chi connectivity index (χ2v) is 5.13. The molecule has 110 valence electrons. The fourth-order valence-electron chi connectivity index (χ4n) is 2.51. The lowest BCUT2D eigenvalue weighted by Crippen LogP contribution is -2.43. The van der Waals surface area contributed by atoms with E-state index in [9.17, 15) is 0 Å². The van der Waals surface area contributed by atoms with Gasteiger partial charge in [-0.25, -0.2) is 9.66 Å². The molecule has 3 rings (SSSR count). The molecule has 6 heteroatoms. The minimum Gasteiger partial charge on any atom is -0.368 e. The summed E-state index contributed by atoms with van der Waals surface area (Å²) in [5.41, 5.74) is 8.96. The van der Waals surface area contributed by atoms with Gasteiger partial charge in [0.1, 0.15) is 0 Å². The van der Waals surface area contributed by atoms with E-state index in [4.69, 9.17) is 5.73 Å². The number of hydrogen-bond acceptors (Lipinski definition) is 5. The highest BCUT2D eigenvalue weighted by Gasteiger charge is 2.12.